The molecule has 2 heteroatoms. The van der Waals surface area contributed by atoms with Gasteiger partial charge < -0.3 is 4.90 Å². The van der Waals surface area contributed by atoms with Crippen molar-refractivity contribution >= 4 is 10.8 Å². The van der Waals surface area contributed by atoms with Crippen LogP contribution in [0, 0.1) is 11.3 Å². The Morgan fingerprint density at radius 2 is 1.83 bits per heavy atom. The normalized spacial score (nSPS) is 12.6. The quantitative estimate of drug-likeness (QED) is 0.816. The average Bonchev–Trinajstić information content (AvgIpc) is 2.39. The zero-order valence-corrected chi connectivity index (χ0v) is 10.9. The van der Waals surface area contributed by atoms with E-state index < -0.39 is 0 Å². The molecule has 2 aromatic rings. The Kier molecular flexibility index (Phi) is 3.96. The van der Waals surface area contributed by atoms with Gasteiger partial charge >= 0.3 is 0 Å². The fourth-order valence-corrected chi connectivity index (χ4v) is 2.23. The van der Waals surface area contributed by atoms with Crippen molar-refractivity contribution in [2.24, 2.45) is 0 Å². The molecule has 0 aliphatic carbocycles. The lowest BCUT2D eigenvalue weighted by molar-refractivity contribution is 0.394. The molecule has 0 saturated carbocycles. The summed E-state index contributed by atoms with van der Waals surface area (Å²) in [5.41, 5.74) is 1.15. The van der Waals surface area contributed by atoms with Crippen LogP contribution in [0.25, 0.3) is 10.8 Å². The fraction of sp³-hybridized carbons (Fsp3) is 0.312. The molecular formula is C16H18N2. The highest BCUT2D eigenvalue weighted by Crippen LogP contribution is 2.27. The standard InChI is InChI=1S/C16H18N2/c1-18(2)11-10-14(12-17)16-9-5-7-13-6-3-4-8-15(13)16/h3-9,14H,10-11H2,1-2H3/t14-/m0/s1. The lowest BCUT2D eigenvalue weighted by Crippen LogP contribution is -2.15. The minimum Gasteiger partial charge on any atom is -0.309 e. The summed E-state index contributed by atoms with van der Waals surface area (Å²) in [6.07, 6.45) is 0.873. The van der Waals surface area contributed by atoms with Gasteiger partial charge in [0.05, 0.1) is 12.0 Å². The van der Waals surface area contributed by atoms with Crippen LogP contribution in [0.1, 0.15) is 17.9 Å². The van der Waals surface area contributed by atoms with Crippen molar-refractivity contribution in [1.82, 2.24) is 4.90 Å². The van der Waals surface area contributed by atoms with Gasteiger partial charge in [0.15, 0.2) is 0 Å². The predicted octanol–water partition coefficient (Wildman–Crippen LogP) is 3.40. The zero-order chi connectivity index (χ0) is 13.0. The molecule has 2 rings (SSSR count). The Bertz CT molecular complexity index is 561. The molecule has 0 fully saturated rings. The third-order valence-electron chi connectivity index (χ3n) is 3.22. The van der Waals surface area contributed by atoms with Gasteiger partial charge in [0, 0.05) is 0 Å². The van der Waals surface area contributed by atoms with E-state index in [-0.39, 0.29) is 5.92 Å². The lowest BCUT2D eigenvalue weighted by atomic mass is 9.92. The van der Waals surface area contributed by atoms with E-state index in [1.165, 1.54) is 10.8 Å². The van der Waals surface area contributed by atoms with Gasteiger partial charge in [-0.15, -0.1) is 0 Å². The molecule has 2 nitrogen and oxygen atoms in total. The lowest BCUT2D eigenvalue weighted by Gasteiger charge is -2.15. The molecule has 18 heavy (non-hydrogen) atoms. The smallest absolute Gasteiger partial charge is 0.0730 e. The van der Waals surface area contributed by atoms with Gasteiger partial charge in [0.1, 0.15) is 0 Å². The Labute approximate surface area is 108 Å². The van der Waals surface area contributed by atoms with Gasteiger partial charge in [-0.1, -0.05) is 42.5 Å². The van der Waals surface area contributed by atoms with Crippen LogP contribution >= 0.6 is 0 Å². The van der Waals surface area contributed by atoms with Crippen molar-refractivity contribution in [2.75, 3.05) is 20.6 Å². The summed E-state index contributed by atoms with van der Waals surface area (Å²) in [6, 6.07) is 16.9. The van der Waals surface area contributed by atoms with E-state index in [0.29, 0.717) is 0 Å². The second kappa shape index (κ2) is 5.66. The molecule has 92 valence electrons. The van der Waals surface area contributed by atoms with E-state index in [9.17, 15) is 5.26 Å². The first-order valence-corrected chi connectivity index (χ1v) is 6.24. The van der Waals surface area contributed by atoms with Crippen LogP contribution in [0.4, 0.5) is 0 Å². The summed E-state index contributed by atoms with van der Waals surface area (Å²) in [4.78, 5) is 2.12. The number of fused-ring (bicyclic) bond motifs is 1. The first-order chi connectivity index (χ1) is 8.72. The molecule has 0 saturated heterocycles. The Hall–Kier alpha value is -1.85. The van der Waals surface area contributed by atoms with Crippen LogP contribution in [-0.2, 0) is 0 Å². The van der Waals surface area contributed by atoms with E-state index in [4.69, 9.17) is 0 Å². The maximum absolute atomic E-state index is 9.38. The van der Waals surface area contributed by atoms with Gasteiger partial charge in [-0.3, -0.25) is 0 Å². The summed E-state index contributed by atoms with van der Waals surface area (Å²) in [6.45, 7) is 0.932. The second-order valence-electron chi connectivity index (χ2n) is 4.84. The fourth-order valence-electron chi connectivity index (χ4n) is 2.23. The summed E-state index contributed by atoms with van der Waals surface area (Å²) >= 11 is 0. The van der Waals surface area contributed by atoms with Gasteiger partial charge in [-0.25, -0.2) is 0 Å². The van der Waals surface area contributed by atoms with Crippen LogP contribution in [0.5, 0.6) is 0 Å². The molecule has 0 spiro atoms. The van der Waals surface area contributed by atoms with E-state index in [1.54, 1.807) is 0 Å². The summed E-state index contributed by atoms with van der Waals surface area (Å²) < 4.78 is 0. The highest BCUT2D eigenvalue weighted by atomic mass is 15.0. The highest BCUT2D eigenvalue weighted by molar-refractivity contribution is 5.86. The Morgan fingerprint density at radius 3 is 2.56 bits per heavy atom. The number of hydrogen-bond acceptors (Lipinski definition) is 2. The molecule has 0 aliphatic heterocycles. The topological polar surface area (TPSA) is 27.0 Å². The van der Waals surface area contributed by atoms with Gasteiger partial charge in [-0.05, 0) is 43.4 Å². The van der Waals surface area contributed by atoms with Crippen molar-refractivity contribution in [3.8, 4) is 6.07 Å². The number of benzene rings is 2. The second-order valence-corrected chi connectivity index (χ2v) is 4.84. The zero-order valence-electron chi connectivity index (χ0n) is 10.9. The van der Waals surface area contributed by atoms with E-state index in [2.05, 4.69) is 35.2 Å². The van der Waals surface area contributed by atoms with Crippen LogP contribution < -0.4 is 0 Å². The molecule has 0 radical (unpaired) electrons. The molecule has 0 aliphatic rings. The number of nitriles is 1. The SMILES string of the molecule is CN(C)CC[C@@H](C#N)c1cccc2ccccc12. The Morgan fingerprint density at radius 1 is 1.11 bits per heavy atom. The summed E-state index contributed by atoms with van der Waals surface area (Å²) in [7, 11) is 4.08. The highest BCUT2D eigenvalue weighted by Gasteiger charge is 2.13. The average molecular weight is 238 g/mol. The third kappa shape index (κ3) is 2.69. The van der Waals surface area contributed by atoms with Gasteiger partial charge in [0.2, 0.25) is 0 Å². The number of rotatable bonds is 4. The molecule has 0 bridgehead atoms. The first-order valence-electron chi connectivity index (χ1n) is 6.24. The minimum absolute atomic E-state index is 0.0292. The molecule has 0 amide bonds. The predicted molar refractivity (Wildman–Crippen MR) is 75.5 cm³/mol. The van der Waals surface area contributed by atoms with Gasteiger partial charge in [0.25, 0.3) is 0 Å². The van der Waals surface area contributed by atoms with Crippen molar-refractivity contribution in [3.63, 3.8) is 0 Å². The van der Waals surface area contributed by atoms with E-state index >= 15 is 0 Å². The minimum atomic E-state index is -0.0292. The van der Waals surface area contributed by atoms with Crippen molar-refractivity contribution in [3.05, 3.63) is 48.0 Å². The largest absolute Gasteiger partial charge is 0.309 e. The Balaban J connectivity index is 2.36. The maximum atomic E-state index is 9.38. The van der Waals surface area contributed by atoms with Crippen molar-refractivity contribution in [2.45, 2.75) is 12.3 Å². The van der Waals surface area contributed by atoms with Crippen LogP contribution in [0.3, 0.4) is 0 Å². The summed E-state index contributed by atoms with van der Waals surface area (Å²) in [5, 5.41) is 11.8. The van der Waals surface area contributed by atoms with Crippen molar-refractivity contribution < 1.29 is 0 Å². The number of hydrogen-bond donors (Lipinski definition) is 0. The molecule has 0 unspecified atom stereocenters. The molecule has 2 aromatic carbocycles. The maximum Gasteiger partial charge on any atom is 0.0730 e. The van der Waals surface area contributed by atoms with Gasteiger partial charge in [-0.2, -0.15) is 5.26 Å². The first kappa shape index (κ1) is 12.6. The molecule has 1 atom stereocenters. The molecule has 0 aromatic heterocycles. The van der Waals surface area contributed by atoms with E-state index in [1.807, 2.05) is 32.3 Å². The van der Waals surface area contributed by atoms with E-state index in [0.717, 1.165) is 18.5 Å². The van der Waals surface area contributed by atoms with Crippen molar-refractivity contribution in [1.29, 1.82) is 5.26 Å². The third-order valence-corrected chi connectivity index (χ3v) is 3.22. The molecule has 0 N–H and O–H groups in total. The van der Waals surface area contributed by atoms with Crippen LogP contribution in [0.15, 0.2) is 42.5 Å². The van der Waals surface area contributed by atoms with Crippen LogP contribution in [0.2, 0.25) is 0 Å². The monoisotopic (exact) mass is 238 g/mol. The number of nitrogens with zero attached hydrogens (tertiary/aromatic N) is 2. The van der Waals surface area contributed by atoms with Crippen LogP contribution in [-0.4, -0.2) is 25.5 Å². The molecular weight excluding hydrogens is 220 g/mol. The summed E-state index contributed by atoms with van der Waals surface area (Å²) in [5.74, 6) is -0.0292. The molecule has 0 heterocycles.